The highest BCUT2D eigenvalue weighted by molar-refractivity contribution is 9.10. The van der Waals surface area contributed by atoms with Gasteiger partial charge in [0.05, 0.1) is 27.2 Å². The van der Waals surface area contributed by atoms with Gasteiger partial charge in [-0.05, 0) is 51.8 Å². The van der Waals surface area contributed by atoms with Gasteiger partial charge in [-0.3, -0.25) is 15.5 Å². The van der Waals surface area contributed by atoms with Crippen LogP contribution in [0.15, 0.2) is 70.4 Å². The number of anilines is 1. The maximum absolute atomic E-state index is 11.0. The summed E-state index contributed by atoms with van der Waals surface area (Å²) in [5, 5.41) is 24.1. The van der Waals surface area contributed by atoms with Gasteiger partial charge < -0.3 is 4.74 Å². The first-order chi connectivity index (χ1) is 14.1. The standard InChI is InChI=1S/C20H14BrN5O3/c21-17-10-14(12-24-25-20-18(26(27)28)6-3-9-23-20)7-8-19(17)29-13-16-5-2-1-4-15(16)11-22/h1-10,12H,13H2,(H,23,25)/b24-12+. The highest BCUT2D eigenvalue weighted by Gasteiger charge is 2.13. The molecule has 3 aromatic rings. The molecule has 0 radical (unpaired) electrons. The first-order valence-corrected chi connectivity index (χ1v) is 9.16. The van der Waals surface area contributed by atoms with Gasteiger partial charge in [-0.15, -0.1) is 0 Å². The minimum absolute atomic E-state index is 0.0592. The molecule has 0 saturated heterocycles. The summed E-state index contributed by atoms with van der Waals surface area (Å²) in [5.74, 6) is 0.673. The summed E-state index contributed by atoms with van der Waals surface area (Å²) in [5.41, 5.74) is 4.53. The lowest BCUT2D eigenvalue weighted by Gasteiger charge is -2.10. The van der Waals surface area contributed by atoms with Gasteiger partial charge >= 0.3 is 5.69 Å². The van der Waals surface area contributed by atoms with Crippen molar-refractivity contribution in [2.24, 2.45) is 5.10 Å². The van der Waals surface area contributed by atoms with E-state index in [0.717, 1.165) is 11.1 Å². The third-order valence-corrected chi connectivity index (χ3v) is 4.46. The molecule has 0 aliphatic rings. The first kappa shape index (κ1) is 20.0. The number of ether oxygens (including phenoxy) is 1. The summed E-state index contributed by atoms with van der Waals surface area (Å²) in [6.07, 6.45) is 2.95. The van der Waals surface area contributed by atoms with Gasteiger partial charge in [0, 0.05) is 17.8 Å². The molecule has 0 spiro atoms. The average molecular weight is 452 g/mol. The number of benzene rings is 2. The Morgan fingerprint density at radius 3 is 2.86 bits per heavy atom. The molecule has 29 heavy (non-hydrogen) atoms. The van der Waals surface area contributed by atoms with Crippen LogP contribution in [0.5, 0.6) is 5.75 Å². The fourth-order valence-corrected chi connectivity index (χ4v) is 2.93. The molecule has 0 aliphatic carbocycles. The van der Waals surface area contributed by atoms with Crippen molar-refractivity contribution in [3.05, 3.63) is 92.1 Å². The quantitative estimate of drug-likeness (QED) is 0.317. The van der Waals surface area contributed by atoms with Crippen molar-refractivity contribution in [2.75, 3.05) is 5.43 Å². The van der Waals surface area contributed by atoms with E-state index in [-0.39, 0.29) is 18.1 Å². The van der Waals surface area contributed by atoms with E-state index in [2.05, 4.69) is 37.5 Å². The predicted octanol–water partition coefficient (Wildman–Crippen LogP) is 4.65. The molecular weight excluding hydrogens is 438 g/mol. The number of nitro groups is 1. The lowest BCUT2D eigenvalue weighted by Crippen LogP contribution is -2.00. The summed E-state index contributed by atoms with van der Waals surface area (Å²) >= 11 is 3.45. The van der Waals surface area contributed by atoms with Crippen molar-refractivity contribution >= 4 is 33.6 Å². The largest absolute Gasteiger partial charge is 0.488 e. The molecule has 2 aromatic carbocycles. The van der Waals surface area contributed by atoms with Gasteiger partial charge in [-0.1, -0.05) is 18.2 Å². The molecule has 0 fully saturated rings. The summed E-state index contributed by atoms with van der Waals surface area (Å²) in [6, 6.07) is 17.6. The van der Waals surface area contributed by atoms with Gasteiger partial charge in [0.25, 0.3) is 0 Å². The number of hydrazone groups is 1. The molecule has 0 saturated carbocycles. The second kappa shape index (κ2) is 9.43. The number of hydrogen-bond acceptors (Lipinski definition) is 7. The number of halogens is 1. The van der Waals surface area contributed by atoms with Gasteiger partial charge in [0.2, 0.25) is 5.82 Å². The minimum Gasteiger partial charge on any atom is -0.488 e. The molecule has 9 heteroatoms. The van der Waals surface area contributed by atoms with Crippen LogP contribution < -0.4 is 10.2 Å². The molecule has 3 rings (SSSR count). The van der Waals surface area contributed by atoms with Crippen LogP contribution in [-0.2, 0) is 6.61 Å². The van der Waals surface area contributed by atoms with Gasteiger partial charge in [-0.2, -0.15) is 10.4 Å². The Bertz CT molecular complexity index is 1110. The highest BCUT2D eigenvalue weighted by Crippen LogP contribution is 2.27. The molecule has 0 unspecified atom stereocenters. The van der Waals surface area contributed by atoms with Crippen LogP contribution in [0.25, 0.3) is 0 Å². The fraction of sp³-hybridized carbons (Fsp3) is 0.0500. The van der Waals surface area contributed by atoms with E-state index in [0.29, 0.717) is 15.8 Å². The lowest BCUT2D eigenvalue weighted by molar-refractivity contribution is -0.384. The van der Waals surface area contributed by atoms with E-state index >= 15 is 0 Å². The normalized spacial score (nSPS) is 10.5. The number of nitrogens with one attached hydrogen (secondary N) is 1. The summed E-state index contributed by atoms with van der Waals surface area (Å²) in [4.78, 5) is 14.4. The van der Waals surface area contributed by atoms with Crippen molar-refractivity contribution in [3.8, 4) is 11.8 Å². The molecule has 8 nitrogen and oxygen atoms in total. The van der Waals surface area contributed by atoms with Crippen LogP contribution in [0.3, 0.4) is 0 Å². The number of nitrogens with zero attached hydrogens (tertiary/aromatic N) is 4. The second-order valence-electron chi connectivity index (χ2n) is 5.75. The maximum Gasteiger partial charge on any atom is 0.313 e. The number of hydrogen-bond donors (Lipinski definition) is 1. The molecule has 0 atom stereocenters. The lowest BCUT2D eigenvalue weighted by atomic mass is 10.1. The maximum atomic E-state index is 11.0. The van der Waals surface area contributed by atoms with E-state index in [9.17, 15) is 10.1 Å². The number of rotatable bonds is 7. The van der Waals surface area contributed by atoms with Crippen molar-refractivity contribution < 1.29 is 9.66 Å². The Morgan fingerprint density at radius 1 is 1.28 bits per heavy atom. The zero-order chi connectivity index (χ0) is 20.6. The van der Waals surface area contributed by atoms with Crippen molar-refractivity contribution in [3.63, 3.8) is 0 Å². The van der Waals surface area contributed by atoms with Crippen LogP contribution in [0.2, 0.25) is 0 Å². The van der Waals surface area contributed by atoms with E-state index in [1.165, 1.54) is 24.5 Å². The molecule has 0 aliphatic heterocycles. The van der Waals surface area contributed by atoms with E-state index < -0.39 is 4.92 Å². The van der Waals surface area contributed by atoms with Crippen LogP contribution in [0.1, 0.15) is 16.7 Å². The number of nitriles is 1. The SMILES string of the molecule is N#Cc1ccccc1COc1ccc(/C=N/Nc2ncccc2[N+](=O)[O-])cc1Br. The smallest absolute Gasteiger partial charge is 0.313 e. The van der Waals surface area contributed by atoms with Gasteiger partial charge in [0.15, 0.2) is 0 Å². The predicted molar refractivity (Wildman–Crippen MR) is 112 cm³/mol. The van der Waals surface area contributed by atoms with Gasteiger partial charge in [-0.25, -0.2) is 4.98 Å². The molecule has 0 bridgehead atoms. The molecule has 1 aromatic heterocycles. The Hall–Kier alpha value is -3.77. The third kappa shape index (κ3) is 5.15. The minimum atomic E-state index is -0.530. The number of pyridine rings is 1. The topological polar surface area (TPSA) is 113 Å². The highest BCUT2D eigenvalue weighted by atomic mass is 79.9. The zero-order valence-corrected chi connectivity index (χ0v) is 16.5. The number of aromatic nitrogens is 1. The Morgan fingerprint density at radius 2 is 2.10 bits per heavy atom. The molecular formula is C20H14BrN5O3. The molecule has 1 N–H and O–H groups in total. The van der Waals surface area contributed by atoms with E-state index in [1.54, 1.807) is 30.3 Å². The van der Waals surface area contributed by atoms with Crippen LogP contribution in [-0.4, -0.2) is 16.1 Å². The summed E-state index contributed by atoms with van der Waals surface area (Å²) in [7, 11) is 0. The molecule has 144 valence electrons. The Kier molecular flexibility index (Phi) is 6.50. The first-order valence-electron chi connectivity index (χ1n) is 8.37. The molecule has 0 amide bonds. The third-order valence-electron chi connectivity index (χ3n) is 3.84. The van der Waals surface area contributed by atoms with Gasteiger partial charge in [0.1, 0.15) is 12.4 Å². The second-order valence-corrected chi connectivity index (χ2v) is 6.60. The zero-order valence-electron chi connectivity index (χ0n) is 14.9. The van der Waals surface area contributed by atoms with Crippen LogP contribution in [0, 0.1) is 21.4 Å². The van der Waals surface area contributed by atoms with E-state index in [1.807, 2.05) is 12.1 Å². The van der Waals surface area contributed by atoms with E-state index in [4.69, 9.17) is 10.00 Å². The van der Waals surface area contributed by atoms with Crippen molar-refractivity contribution in [1.29, 1.82) is 5.26 Å². The molecule has 1 heterocycles. The van der Waals surface area contributed by atoms with Crippen LogP contribution >= 0.6 is 15.9 Å². The summed E-state index contributed by atoms with van der Waals surface area (Å²) < 4.78 is 6.50. The Labute approximate surface area is 174 Å². The Balaban J connectivity index is 1.66. The fourth-order valence-electron chi connectivity index (χ4n) is 2.42. The van der Waals surface area contributed by atoms with Crippen molar-refractivity contribution in [1.82, 2.24) is 4.98 Å². The monoisotopic (exact) mass is 451 g/mol. The van der Waals surface area contributed by atoms with Crippen LogP contribution in [0.4, 0.5) is 11.5 Å². The summed E-state index contributed by atoms with van der Waals surface area (Å²) in [6.45, 7) is 0.265. The van der Waals surface area contributed by atoms with Crippen molar-refractivity contribution in [2.45, 2.75) is 6.61 Å². The average Bonchev–Trinajstić information content (AvgIpc) is 2.73.